The van der Waals surface area contributed by atoms with E-state index in [-0.39, 0.29) is 11.4 Å². The molecule has 0 fully saturated rings. The monoisotopic (exact) mass is 317 g/mol. The Morgan fingerprint density at radius 3 is 2.36 bits per heavy atom. The Bertz CT molecular complexity index is 797. The summed E-state index contributed by atoms with van der Waals surface area (Å²) in [7, 11) is -3.61. The molecule has 3 rings (SSSR count). The molecule has 1 N–H and O–H groups in total. The van der Waals surface area contributed by atoms with Crippen LogP contribution in [-0.4, -0.2) is 20.1 Å². The standard InChI is InChI=1S/C17H19NO3S/c1-12-3-6-14(7-4-12)22(20,21)18-10-9-17(19)15-11-13(2)5-8-16(15)18/h3-8,11,17,19H,9-10H2,1-2H3. The topological polar surface area (TPSA) is 57.6 Å². The summed E-state index contributed by atoms with van der Waals surface area (Å²) in [4.78, 5) is 0.279. The highest BCUT2D eigenvalue weighted by molar-refractivity contribution is 7.92. The summed E-state index contributed by atoms with van der Waals surface area (Å²) in [6, 6.07) is 12.3. The Morgan fingerprint density at radius 2 is 1.68 bits per heavy atom. The number of aliphatic hydroxyl groups is 1. The van der Waals surface area contributed by atoms with E-state index in [9.17, 15) is 13.5 Å². The molecule has 2 aromatic rings. The third-order valence-corrected chi connectivity index (χ3v) is 5.85. The molecule has 1 atom stereocenters. The van der Waals surface area contributed by atoms with Crippen molar-refractivity contribution in [2.75, 3.05) is 10.8 Å². The van der Waals surface area contributed by atoms with Crippen LogP contribution in [0.4, 0.5) is 5.69 Å². The smallest absolute Gasteiger partial charge is 0.264 e. The van der Waals surface area contributed by atoms with E-state index in [1.807, 2.05) is 26.0 Å². The van der Waals surface area contributed by atoms with Crippen molar-refractivity contribution in [1.29, 1.82) is 0 Å². The summed E-state index contributed by atoms with van der Waals surface area (Å²) in [5, 5.41) is 10.2. The first-order valence-corrected chi connectivity index (χ1v) is 8.71. The van der Waals surface area contributed by atoms with Gasteiger partial charge in [-0.15, -0.1) is 0 Å². The van der Waals surface area contributed by atoms with Crippen LogP contribution in [0.25, 0.3) is 0 Å². The van der Waals surface area contributed by atoms with Gasteiger partial charge in [0.15, 0.2) is 0 Å². The fraction of sp³-hybridized carbons (Fsp3) is 0.294. The number of hydrogen-bond donors (Lipinski definition) is 1. The van der Waals surface area contributed by atoms with Crippen LogP contribution >= 0.6 is 0 Å². The van der Waals surface area contributed by atoms with E-state index in [1.165, 1.54) is 4.31 Å². The molecule has 0 saturated heterocycles. The van der Waals surface area contributed by atoms with E-state index in [1.54, 1.807) is 30.3 Å². The zero-order valence-electron chi connectivity index (χ0n) is 12.7. The number of nitrogens with zero attached hydrogens (tertiary/aromatic N) is 1. The van der Waals surface area contributed by atoms with E-state index in [0.29, 0.717) is 17.7 Å². The minimum absolute atomic E-state index is 0.279. The molecular weight excluding hydrogens is 298 g/mol. The summed E-state index contributed by atoms with van der Waals surface area (Å²) >= 11 is 0. The summed E-state index contributed by atoms with van der Waals surface area (Å²) in [5.74, 6) is 0. The van der Waals surface area contributed by atoms with Gasteiger partial charge in [0, 0.05) is 12.1 Å². The SMILES string of the molecule is Cc1ccc(S(=O)(=O)N2CCC(O)c3cc(C)ccc32)cc1. The van der Waals surface area contributed by atoms with Crippen molar-refractivity contribution < 1.29 is 13.5 Å². The fourth-order valence-corrected chi connectivity index (χ4v) is 4.28. The largest absolute Gasteiger partial charge is 0.388 e. The molecule has 0 amide bonds. The molecule has 0 aromatic heterocycles. The maximum absolute atomic E-state index is 12.9. The van der Waals surface area contributed by atoms with Crippen molar-refractivity contribution in [3.63, 3.8) is 0 Å². The lowest BCUT2D eigenvalue weighted by molar-refractivity contribution is 0.166. The van der Waals surface area contributed by atoms with Gasteiger partial charge in [-0.1, -0.05) is 35.4 Å². The Morgan fingerprint density at radius 1 is 1.05 bits per heavy atom. The van der Waals surface area contributed by atoms with Crippen LogP contribution in [0.15, 0.2) is 47.4 Å². The Kier molecular flexibility index (Phi) is 3.70. The maximum atomic E-state index is 12.9. The van der Waals surface area contributed by atoms with Gasteiger partial charge in [0.05, 0.1) is 16.7 Å². The Balaban J connectivity index is 2.09. The molecule has 0 bridgehead atoms. The lowest BCUT2D eigenvalue weighted by Gasteiger charge is -2.33. The average Bonchev–Trinajstić information content (AvgIpc) is 2.48. The number of fused-ring (bicyclic) bond motifs is 1. The van der Waals surface area contributed by atoms with E-state index < -0.39 is 16.1 Å². The first-order valence-electron chi connectivity index (χ1n) is 7.27. The third-order valence-electron chi connectivity index (χ3n) is 4.03. The molecule has 116 valence electrons. The highest BCUT2D eigenvalue weighted by Crippen LogP contribution is 2.37. The molecule has 1 aliphatic heterocycles. The minimum Gasteiger partial charge on any atom is -0.388 e. The highest BCUT2D eigenvalue weighted by Gasteiger charge is 2.32. The zero-order valence-corrected chi connectivity index (χ0v) is 13.5. The fourth-order valence-electron chi connectivity index (χ4n) is 2.77. The van der Waals surface area contributed by atoms with Crippen molar-refractivity contribution in [2.45, 2.75) is 31.3 Å². The predicted molar refractivity (Wildman–Crippen MR) is 86.5 cm³/mol. The third kappa shape index (κ3) is 2.51. The maximum Gasteiger partial charge on any atom is 0.264 e. The van der Waals surface area contributed by atoms with Crippen molar-refractivity contribution >= 4 is 15.7 Å². The van der Waals surface area contributed by atoms with E-state index in [0.717, 1.165) is 11.1 Å². The number of aliphatic hydroxyl groups excluding tert-OH is 1. The molecule has 2 aromatic carbocycles. The molecule has 22 heavy (non-hydrogen) atoms. The van der Waals surface area contributed by atoms with Gasteiger partial charge in [-0.2, -0.15) is 0 Å². The Hall–Kier alpha value is -1.85. The molecule has 1 aliphatic rings. The molecule has 5 heteroatoms. The van der Waals surface area contributed by atoms with Gasteiger partial charge in [-0.3, -0.25) is 4.31 Å². The second-order valence-corrected chi connectivity index (χ2v) is 7.62. The first-order chi connectivity index (χ1) is 10.4. The van der Waals surface area contributed by atoms with Gasteiger partial charge in [-0.05, 0) is 38.5 Å². The molecule has 1 heterocycles. The van der Waals surface area contributed by atoms with Gasteiger partial charge in [0.25, 0.3) is 10.0 Å². The van der Waals surface area contributed by atoms with Crippen molar-refractivity contribution in [3.8, 4) is 0 Å². The number of hydrogen-bond acceptors (Lipinski definition) is 3. The van der Waals surface area contributed by atoms with Crippen molar-refractivity contribution in [3.05, 3.63) is 59.2 Å². The summed E-state index contributed by atoms with van der Waals surface area (Å²) in [5.41, 5.74) is 3.28. The average molecular weight is 317 g/mol. The zero-order chi connectivity index (χ0) is 15.9. The second-order valence-electron chi connectivity index (χ2n) is 5.76. The Labute approximate surface area is 131 Å². The van der Waals surface area contributed by atoms with Gasteiger partial charge >= 0.3 is 0 Å². The van der Waals surface area contributed by atoms with Gasteiger partial charge < -0.3 is 5.11 Å². The van der Waals surface area contributed by atoms with Crippen LogP contribution in [0.2, 0.25) is 0 Å². The molecule has 1 unspecified atom stereocenters. The second kappa shape index (κ2) is 5.41. The van der Waals surface area contributed by atoms with Crippen molar-refractivity contribution in [2.24, 2.45) is 0 Å². The van der Waals surface area contributed by atoms with Gasteiger partial charge in [-0.25, -0.2) is 8.42 Å². The first kappa shape index (κ1) is 15.1. The quantitative estimate of drug-likeness (QED) is 0.926. The van der Waals surface area contributed by atoms with E-state index in [4.69, 9.17) is 0 Å². The number of aryl methyl sites for hydroxylation is 2. The van der Waals surface area contributed by atoms with E-state index >= 15 is 0 Å². The lowest BCUT2D eigenvalue weighted by Crippen LogP contribution is -2.36. The number of anilines is 1. The summed E-state index contributed by atoms with van der Waals surface area (Å²) in [6.07, 6.45) is -0.207. The van der Waals surface area contributed by atoms with E-state index in [2.05, 4.69) is 0 Å². The molecule has 0 spiro atoms. The lowest BCUT2D eigenvalue weighted by atomic mass is 9.99. The number of benzene rings is 2. The minimum atomic E-state index is -3.61. The molecule has 0 saturated carbocycles. The van der Waals surface area contributed by atoms with Crippen LogP contribution in [-0.2, 0) is 10.0 Å². The van der Waals surface area contributed by atoms with Crippen LogP contribution in [0.3, 0.4) is 0 Å². The van der Waals surface area contributed by atoms with Crippen LogP contribution < -0.4 is 4.31 Å². The van der Waals surface area contributed by atoms with Crippen LogP contribution in [0, 0.1) is 13.8 Å². The number of sulfonamides is 1. The van der Waals surface area contributed by atoms with Gasteiger partial charge in [0.1, 0.15) is 0 Å². The summed E-state index contributed by atoms with van der Waals surface area (Å²) < 4.78 is 27.2. The van der Waals surface area contributed by atoms with Gasteiger partial charge in [0.2, 0.25) is 0 Å². The van der Waals surface area contributed by atoms with Crippen molar-refractivity contribution in [1.82, 2.24) is 0 Å². The number of rotatable bonds is 2. The normalized spacial score (nSPS) is 18.1. The highest BCUT2D eigenvalue weighted by atomic mass is 32.2. The molecule has 4 nitrogen and oxygen atoms in total. The molecular formula is C17H19NO3S. The molecule has 0 radical (unpaired) electrons. The predicted octanol–water partition coefficient (Wildman–Crippen LogP) is 2.94. The van der Waals surface area contributed by atoms with Crippen LogP contribution in [0.5, 0.6) is 0 Å². The summed E-state index contributed by atoms with van der Waals surface area (Å²) in [6.45, 7) is 4.14. The van der Waals surface area contributed by atoms with Crippen LogP contribution in [0.1, 0.15) is 29.2 Å². The molecule has 0 aliphatic carbocycles.